The van der Waals surface area contributed by atoms with Crippen LogP contribution in [0.2, 0.25) is 0 Å². The van der Waals surface area contributed by atoms with Crippen LogP contribution in [0.4, 0.5) is 11.4 Å². The molecule has 0 spiro atoms. The maximum Gasteiger partial charge on any atom is 0.352 e. The first-order valence-corrected chi connectivity index (χ1v) is 3.77. The van der Waals surface area contributed by atoms with E-state index in [2.05, 4.69) is 10.5 Å². The van der Waals surface area contributed by atoms with Crippen molar-refractivity contribution in [1.82, 2.24) is 0 Å². The first-order valence-electron chi connectivity index (χ1n) is 3.77. The number of nitrogens with zero attached hydrogens (tertiary/aromatic N) is 3. The Hall–Kier alpha value is -2.51. The van der Waals surface area contributed by atoms with Gasteiger partial charge in [-0.25, -0.2) is 0 Å². The molecule has 15 heavy (non-hydrogen) atoms. The average molecular weight is 210 g/mol. The van der Waals surface area contributed by atoms with Crippen molar-refractivity contribution in [2.45, 2.75) is 0 Å². The molecule has 0 radical (unpaired) electrons. The third-order valence-electron chi connectivity index (χ3n) is 1.42. The molecule has 0 aliphatic heterocycles. The van der Waals surface area contributed by atoms with Crippen LogP contribution in [0.1, 0.15) is 0 Å². The average Bonchev–Trinajstić information content (AvgIpc) is 2.18. The SMILES string of the molecule is O=[N+]([O-])/C=N/Nc1ccc([N+](=O)[O-])cc1. The van der Waals surface area contributed by atoms with E-state index in [0.717, 1.165) is 0 Å². The third kappa shape index (κ3) is 3.38. The summed E-state index contributed by atoms with van der Waals surface area (Å²) in [5.41, 5.74) is 2.72. The molecule has 0 aromatic heterocycles. The molecule has 0 atom stereocenters. The lowest BCUT2D eigenvalue weighted by Gasteiger charge is -1.93. The highest BCUT2D eigenvalue weighted by molar-refractivity contribution is 5.52. The third-order valence-corrected chi connectivity index (χ3v) is 1.42. The Morgan fingerprint density at radius 3 is 2.27 bits per heavy atom. The van der Waals surface area contributed by atoms with Gasteiger partial charge in [0.05, 0.1) is 10.6 Å². The van der Waals surface area contributed by atoms with E-state index in [4.69, 9.17) is 0 Å². The molecule has 0 heterocycles. The van der Waals surface area contributed by atoms with Crippen LogP contribution >= 0.6 is 0 Å². The highest BCUT2D eigenvalue weighted by Gasteiger charge is 2.03. The van der Waals surface area contributed by atoms with Crippen LogP contribution in [-0.2, 0) is 0 Å². The number of hydrazone groups is 1. The van der Waals surface area contributed by atoms with E-state index < -0.39 is 9.85 Å². The summed E-state index contributed by atoms with van der Waals surface area (Å²) in [4.78, 5) is 18.9. The number of hydrogen-bond acceptors (Lipinski definition) is 6. The van der Waals surface area contributed by atoms with E-state index in [0.29, 0.717) is 12.0 Å². The number of hydrogen-bond donors (Lipinski definition) is 1. The summed E-state index contributed by atoms with van der Waals surface area (Å²) in [7, 11) is 0. The summed E-state index contributed by atoms with van der Waals surface area (Å²) in [6, 6.07) is 5.33. The maximum atomic E-state index is 10.3. The molecule has 0 aliphatic carbocycles. The monoisotopic (exact) mass is 210 g/mol. The van der Waals surface area contributed by atoms with Crippen molar-refractivity contribution >= 4 is 17.7 Å². The molecule has 78 valence electrons. The molecule has 1 rings (SSSR count). The van der Waals surface area contributed by atoms with Crippen LogP contribution in [-0.4, -0.2) is 16.2 Å². The fraction of sp³-hybridized carbons (Fsp3) is 0. The minimum atomic E-state index is -0.724. The highest BCUT2D eigenvalue weighted by atomic mass is 16.6. The lowest BCUT2D eigenvalue weighted by molar-refractivity contribution is -0.384. The molecule has 0 saturated carbocycles. The number of anilines is 1. The van der Waals surface area contributed by atoms with E-state index in [1.165, 1.54) is 24.3 Å². The number of rotatable bonds is 4. The van der Waals surface area contributed by atoms with Crippen molar-refractivity contribution < 1.29 is 9.85 Å². The topological polar surface area (TPSA) is 111 Å². The summed E-state index contributed by atoms with van der Waals surface area (Å²) in [6.45, 7) is 0. The van der Waals surface area contributed by atoms with Crippen LogP contribution < -0.4 is 5.43 Å². The lowest BCUT2D eigenvalue weighted by atomic mass is 10.3. The number of nitro benzene ring substituents is 1. The quantitative estimate of drug-likeness (QED) is 0.347. The molecular weight excluding hydrogens is 204 g/mol. The zero-order valence-corrected chi connectivity index (χ0v) is 7.36. The summed E-state index contributed by atoms with van der Waals surface area (Å²) in [5, 5.41) is 23.4. The summed E-state index contributed by atoms with van der Waals surface area (Å²) >= 11 is 0. The van der Waals surface area contributed by atoms with Crippen molar-refractivity contribution in [2.75, 3.05) is 5.43 Å². The minimum absolute atomic E-state index is 0.0567. The Balaban J connectivity index is 2.65. The summed E-state index contributed by atoms with van der Waals surface area (Å²) in [5.74, 6) is 0. The Morgan fingerprint density at radius 1 is 1.20 bits per heavy atom. The van der Waals surface area contributed by atoms with Crippen molar-refractivity contribution in [1.29, 1.82) is 0 Å². The normalized spacial score (nSPS) is 10.1. The van der Waals surface area contributed by atoms with Gasteiger partial charge >= 0.3 is 6.34 Å². The molecule has 1 N–H and O–H groups in total. The van der Waals surface area contributed by atoms with Crippen LogP contribution in [0.25, 0.3) is 0 Å². The van der Waals surface area contributed by atoms with E-state index >= 15 is 0 Å². The van der Waals surface area contributed by atoms with Gasteiger partial charge in [0.15, 0.2) is 0 Å². The predicted octanol–water partition coefficient (Wildman–Crippen LogP) is 1.23. The van der Waals surface area contributed by atoms with Crippen molar-refractivity contribution in [3.8, 4) is 0 Å². The van der Waals surface area contributed by atoms with Gasteiger partial charge in [-0.1, -0.05) is 0 Å². The maximum absolute atomic E-state index is 10.3. The van der Waals surface area contributed by atoms with Gasteiger partial charge in [0, 0.05) is 17.2 Å². The molecule has 0 fully saturated rings. The Labute approximate surface area is 83.5 Å². The van der Waals surface area contributed by atoms with Crippen molar-refractivity contribution in [2.24, 2.45) is 5.10 Å². The second-order valence-electron chi connectivity index (χ2n) is 2.45. The Bertz CT molecular complexity index is 400. The van der Waals surface area contributed by atoms with Crippen molar-refractivity contribution in [3.63, 3.8) is 0 Å². The number of benzene rings is 1. The number of non-ortho nitro benzene ring substituents is 1. The van der Waals surface area contributed by atoms with Gasteiger partial charge in [0.2, 0.25) is 0 Å². The minimum Gasteiger partial charge on any atom is -0.358 e. The molecule has 8 heteroatoms. The molecule has 0 bridgehead atoms. The molecule has 1 aromatic carbocycles. The fourth-order valence-corrected chi connectivity index (χ4v) is 0.808. The number of nitrogens with one attached hydrogen (secondary N) is 1. The lowest BCUT2D eigenvalue weighted by Crippen LogP contribution is -1.97. The standard InChI is InChI=1S/C7H6N4O4/c12-10(13)5-8-9-6-1-3-7(4-2-6)11(14)15/h1-5,9H/b8-5+. The second kappa shape index (κ2) is 4.65. The number of nitro groups is 2. The van der Waals surface area contributed by atoms with Gasteiger partial charge in [-0.3, -0.25) is 10.1 Å². The van der Waals surface area contributed by atoms with Gasteiger partial charge in [0.25, 0.3) is 5.69 Å². The first kappa shape index (κ1) is 10.6. The van der Waals surface area contributed by atoms with Gasteiger partial charge in [-0.05, 0) is 17.1 Å². The largest absolute Gasteiger partial charge is 0.358 e. The molecule has 0 unspecified atom stereocenters. The Morgan fingerprint density at radius 2 is 1.80 bits per heavy atom. The van der Waals surface area contributed by atoms with E-state index in [1.807, 2.05) is 0 Å². The summed E-state index contributed by atoms with van der Waals surface area (Å²) < 4.78 is 0. The molecular formula is C7H6N4O4. The fourth-order valence-electron chi connectivity index (χ4n) is 0.808. The van der Waals surface area contributed by atoms with Crippen LogP contribution in [0.15, 0.2) is 29.4 Å². The zero-order chi connectivity index (χ0) is 11.3. The molecule has 8 nitrogen and oxygen atoms in total. The summed E-state index contributed by atoms with van der Waals surface area (Å²) in [6.07, 6.45) is 0.488. The molecule has 0 amide bonds. The highest BCUT2D eigenvalue weighted by Crippen LogP contribution is 2.14. The van der Waals surface area contributed by atoms with Gasteiger partial charge in [-0.2, -0.15) is 5.43 Å². The van der Waals surface area contributed by atoms with Gasteiger partial charge in [0.1, 0.15) is 0 Å². The van der Waals surface area contributed by atoms with E-state index in [1.54, 1.807) is 0 Å². The molecule has 0 aliphatic rings. The van der Waals surface area contributed by atoms with E-state index in [-0.39, 0.29) is 5.69 Å². The molecule has 0 saturated heterocycles. The van der Waals surface area contributed by atoms with Crippen LogP contribution in [0.3, 0.4) is 0 Å². The smallest absolute Gasteiger partial charge is 0.352 e. The van der Waals surface area contributed by atoms with Gasteiger partial charge < -0.3 is 10.1 Å². The second-order valence-corrected chi connectivity index (χ2v) is 2.45. The molecule has 1 aromatic rings. The first-order chi connectivity index (χ1) is 7.09. The van der Waals surface area contributed by atoms with Crippen molar-refractivity contribution in [3.05, 3.63) is 44.5 Å². The predicted molar refractivity (Wildman–Crippen MR) is 52.2 cm³/mol. The Kier molecular flexibility index (Phi) is 3.28. The van der Waals surface area contributed by atoms with Gasteiger partial charge in [-0.15, -0.1) is 0 Å². The van der Waals surface area contributed by atoms with Crippen LogP contribution in [0.5, 0.6) is 0 Å². The van der Waals surface area contributed by atoms with E-state index in [9.17, 15) is 20.2 Å². The zero-order valence-electron chi connectivity index (χ0n) is 7.36. The van der Waals surface area contributed by atoms with Crippen LogP contribution in [0, 0.1) is 20.2 Å².